The average molecular weight is 352 g/mol. The Hall–Kier alpha value is -3.08. The van der Waals surface area contributed by atoms with Gasteiger partial charge in [0.05, 0.1) is 13.7 Å². The molecule has 0 saturated carbocycles. The van der Waals surface area contributed by atoms with Gasteiger partial charge < -0.3 is 15.0 Å². The lowest BCUT2D eigenvalue weighted by atomic mass is 10.2. The standard InChI is InChI=1S/C21H24N2O3/c1-3-23(16-18-9-12-19(26-2)13-10-18)21(25)15-22-20(24)14-11-17-7-5-4-6-8-17/h4-14H,3,15-16H2,1-2H3,(H,22,24)/b14-11+. The van der Waals surface area contributed by atoms with E-state index in [1.54, 1.807) is 18.1 Å². The molecule has 0 unspecified atom stereocenters. The first-order valence-corrected chi connectivity index (χ1v) is 8.54. The van der Waals surface area contributed by atoms with Crippen molar-refractivity contribution in [3.63, 3.8) is 0 Å². The molecule has 2 amide bonds. The third-order valence-electron chi connectivity index (χ3n) is 3.91. The first-order valence-electron chi connectivity index (χ1n) is 8.54. The lowest BCUT2D eigenvalue weighted by molar-refractivity contribution is -0.132. The van der Waals surface area contributed by atoms with Crippen molar-refractivity contribution >= 4 is 17.9 Å². The normalized spacial score (nSPS) is 10.5. The highest BCUT2D eigenvalue weighted by molar-refractivity contribution is 5.94. The van der Waals surface area contributed by atoms with Crippen LogP contribution in [0.1, 0.15) is 18.1 Å². The molecular formula is C21H24N2O3. The number of nitrogens with one attached hydrogen (secondary N) is 1. The van der Waals surface area contributed by atoms with Crippen LogP contribution >= 0.6 is 0 Å². The topological polar surface area (TPSA) is 58.6 Å². The van der Waals surface area contributed by atoms with Crippen LogP contribution in [0.5, 0.6) is 5.75 Å². The van der Waals surface area contributed by atoms with Crippen LogP contribution in [-0.4, -0.2) is 36.9 Å². The average Bonchev–Trinajstić information content (AvgIpc) is 2.69. The monoisotopic (exact) mass is 352 g/mol. The van der Waals surface area contributed by atoms with E-state index in [4.69, 9.17) is 4.74 Å². The Morgan fingerprint density at radius 3 is 2.38 bits per heavy atom. The number of ether oxygens (including phenoxy) is 1. The van der Waals surface area contributed by atoms with Gasteiger partial charge in [-0.05, 0) is 36.3 Å². The fourth-order valence-corrected chi connectivity index (χ4v) is 2.40. The van der Waals surface area contributed by atoms with E-state index >= 15 is 0 Å². The van der Waals surface area contributed by atoms with E-state index in [2.05, 4.69) is 5.32 Å². The smallest absolute Gasteiger partial charge is 0.244 e. The fourth-order valence-electron chi connectivity index (χ4n) is 2.40. The van der Waals surface area contributed by atoms with Crippen molar-refractivity contribution < 1.29 is 14.3 Å². The summed E-state index contributed by atoms with van der Waals surface area (Å²) in [6, 6.07) is 17.1. The summed E-state index contributed by atoms with van der Waals surface area (Å²) in [6.07, 6.45) is 3.15. The SMILES string of the molecule is CCN(Cc1ccc(OC)cc1)C(=O)CNC(=O)/C=C/c1ccccc1. The van der Waals surface area contributed by atoms with Gasteiger partial charge in [0.25, 0.3) is 0 Å². The van der Waals surface area contributed by atoms with Crippen molar-refractivity contribution in [1.82, 2.24) is 10.2 Å². The largest absolute Gasteiger partial charge is 0.497 e. The fraction of sp³-hybridized carbons (Fsp3) is 0.238. The summed E-state index contributed by atoms with van der Waals surface area (Å²) < 4.78 is 5.13. The number of rotatable bonds is 8. The molecule has 0 spiro atoms. The van der Waals surface area contributed by atoms with Gasteiger partial charge in [-0.1, -0.05) is 42.5 Å². The summed E-state index contributed by atoms with van der Waals surface area (Å²) in [5.74, 6) is 0.369. The van der Waals surface area contributed by atoms with Gasteiger partial charge in [0.2, 0.25) is 11.8 Å². The minimum absolute atomic E-state index is 0.0258. The van der Waals surface area contributed by atoms with Gasteiger partial charge >= 0.3 is 0 Å². The van der Waals surface area contributed by atoms with E-state index in [0.717, 1.165) is 16.9 Å². The number of carbonyl (C=O) groups excluding carboxylic acids is 2. The molecule has 0 atom stereocenters. The van der Waals surface area contributed by atoms with Crippen LogP contribution in [0.15, 0.2) is 60.7 Å². The molecule has 0 radical (unpaired) electrons. The zero-order valence-corrected chi connectivity index (χ0v) is 15.1. The molecule has 2 aromatic rings. The van der Waals surface area contributed by atoms with Crippen LogP contribution < -0.4 is 10.1 Å². The maximum Gasteiger partial charge on any atom is 0.244 e. The minimum Gasteiger partial charge on any atom is -0.497 e. The molecule has 1 N–H and O–H groups in total. The van der Waals surface area contributed by atoms with E-state index < -0.39 is 0 Å². The summed E-state index contributed by atoms with van der Waals surface area (Å²) in [6.45, 7) is 2.95. The summed E-state index contributed by atoms with van der Waals surface area (Å²) in [4.78, 5) is 25.9. The number of amides is 2. The Balaban J connectivity index is 1.84. The lowest BCUT2D eigenvalue weighted by Crippen LogP contribution is -2.39. The van der Waals surface area contributed by atoms with Crippen molar-refractivity contribution in [3.8, 4) is 5.75 Å². The second-order valence-corrected chi connectivity index (χ2v) is 5.72. The summed E-state index contributed by atoms with van der Waals surface area (Å²) in [7, 11) is 1.62. The van der Waals surface area contributed by atoms with Crippen molar-refractivity contribution in [2.45, 2.75) is 13.5 Å². The van der Waals surface area contributed by atoms with Gasteiger partial charge in [0.15, 0.2) is 0 Å². The molecule has 2 aromatic carbocycles. The molecule has 0 heterocycles. The molecule has 0 aliphatic carbocycles. The Morgan fingerprint density at radius 1 is 1.08 bits per heavy atom. The molecule has 0 bridgehead atoms. The zero-order chi connectivity index (χ0) is 18.8. The molecule has 5 nitrogen and oxygen atoms in total. The molecule has 26 heavy (non-hydrogen) atoms. The van der Waals surface area contributed by atoms with Crippen LogP contribution in [0.4, 0.5) is 0 Å². The van der Waals surface area contributed by atoms with Gasteiger partial charge in [0, 0.05) is 19.2 Å². The molecule has 0 saturated heterocycles. The number of carbonyl (C=O) groups is 2. The number of nitrogens with zero attached hydrogens (tertiary/aromatic N) is 1. The molecule has 0 aliphatic heterocycles. The summed E-state index contributed by atoms with van der Waals surface area (Å²) in [5.41, 5.74) is 1.94. The van der Waals surface area contributed by atoms with Gasteiger partial charge in [-0.15, -0.1) is 0 Å². The van der Waals surface area contributed by atoms with Crippen molar-refractivity contribution in [3.05, 3.63) is 71.8 Å². The molecular weight excluding hydrogens is 328 g/mol. The lowest BCUT2D eigenvalue weighted by Gasteiger charge is -2.21. The van der Waals surface area contributed by atoms with E-state index in [-0.39, 0.29) is 18.4 Å². The van der Waals surface area contributed by atoms with Gasteiger partial charge in [0.1, 0.15) is 5.75 Å². The van der Waals surface area contributed by atoms with Crippen molar-refractivity contribution in [2.24, 2.45) is 0 Å². The maximum absolute atomic E-state index is 12.3. The third kappa shape index (κ3) is 6.09. The molecule has 0 aromatic heterocycles. The van der Waals surface area contributed by atoms with Crippen LogP contribution in [-0.2, 0) is 16.1 Å². The molecule has 5 heteroatoms. The van der Waals surface area contributed by atoms with Crippen molar-refractivity contribution in [1.29, 1.82) is 0 Å². The molecule has 2 rings (SSSR count). The van der Waals surface area contributed by atoms with Crippen LogP contribution in [0.3, 0.4) is 0 Å². The Bertz CT molecular complexity index is 740. The zero-order valence-electron chi connectivity index (χ0n) is 15.1. The first kappa shape index (κ1) is 19.2. The molecule has 0 aliphatic rings. The summed E-state index contributed by atoms with van der Waals surface area (Å²) in [5, 5.41) is 2.63. The maximum atomic E-state index is 12.3. The molecule has 136 valence electrons. The molecule has 0 fully saturated rings. The Kier molecular flexibility index (Phi) is 7.43. The predicted octanol–water partition coefficient (Wildman–Crippen LogP) is 2.87. The highest BCUT2D eigenvalue weighted by atomic mass is 16.5. The number of likely N-dealkylation sites (N-methyl/N-ethyl adjacent to an activating group) is 1. The van der Waals surface area contributed by atoms with E-state index in [1.807, 2.05) is 61.5 Å². The van der Waals surface area contributed by atoms with Gasteiger partial charge in [-0.2, -0.15) is 0 Å². The number of benzene rings is 2. The van der Waals surface area contributed by atoms with Crippen molar-refractivity contribution in [2.75, 3.05) is 20.2 Å². The number of hydrogen-bond acceptors (Lipinski definition) is 3. The van der Waals surface area contributed by atoms with Gasteiger partial charge in [-0.3, -0.25) is 9.59 Å². The van der Waals surface area contributed by atoms with Crippen LogP contribution in [0, 0.1) is 0 Å². The Morgan fingerprint density at radius 2 is 1.77 bits per heavy atom. The van der Waals surface area contributed by atoms with E-state index in [1.165, 1.54) is 6.08 Å². The number of hydrogen-bond donors (Lipinski definition) is 1. The summed E-state index contributed by atoms with van der Waals surface area (Å²) >= 11 is 0. The first-order chi connectivity index (χ1) is 12.6. The van der Waals surface area contributed by atoms with E-state index in [9.17, 15) is 9.59 Å². The van der Waals surface area contributed by atoms with Gasteiger partial charge in [-0.25, -0.2) is 0 Å². The highest BCUT2D eigenvalue weighted by Crippen LogP contribution is 2.13. The van der Waals surface area contributed by atoms with E-state index in [0.29, 0.717) is 13.1 Å². The second kappa shape index (κ2) is 10.0. The predicted molar refractivity (Wildman–Crippen MR) is 103 cm³/mol. The number of methoxy groups -OCH3 is 1. The second-order valence-electron chi connectivity index (χ2n) is 5.72. The minimum atomic E-state index is -0.289. The Labute approximate surface area is 154 Å². The van der Waals surface area contributed by atoms with Crippen LogP contribution in [0.25, 0.3) is 6.08 Å². The quantitative estimate of drug-likeness (QED) is 0.743. The highest BCUT2D eigenvalue weighted by Gasteiger charge is 2.12. The third-order valence-corrected chi connectivity index (χ3v) is 3.91. The van der Waals surface area contributed by atoms with Crippen LogP contribution in [0.2, 0.25) is 0 Å².